The predicted molar refractivity (Wildman–Crippen MR) is 196 cm³/mol. The van der Waals surface area contributed by atoms with Crippen molar-refractivity contribution in [3.63, 3.8) is 0 Å². The lowest BCUT2D eigenvalue weighted by Crippen LogP contribution is -1.78. The van der Waals surface area contributed by atoms with Crippen LogP contribution in [0.25, 0.3) is 23.8 Å². The highest BCUT2D eigenvalue weighted by Gasteiger charge is 1.93. The first-order chi connectivity index (χ1) is 20.3. The summed E-state index contributed by atoms with van der Waals surface area (Å²) < 4.78 is 0. The Labute approximate surface area is 256 Å². The lowest BCUT2D eigenvalue weighted by atomic mass is 10.0. The molecule has 4 aromatic carbocycles. The molecule has 4 aromatic rings. The lowest BCUT2D eigenvalue weighted by Gasteiger charge is -2.01. The third-order valence-electron chi connectivity index (χ3n) is 4.48. The van der Waals surface area contributed by atoms with Gasteiger partial charge in [-0.05, 0) is 34.8 Å². The standard InChI is InChI=1S/C15H14.C14H12.6C2H6/c1-13(15-10-6-3-7-11-15)12-14-8-4-2-5-9-14;1-3-7-13(8-4-1)11-12-14-9-5-2-6-10-14;6*1-2/h2-12H,1H3;1-12H;6*1-2H3. The summed E-state index contributed by atoms with van der Waals surface area (Å²) in [4.78, 5) is 0. The minimum atomic E-state index is 1.23. The van der Waals surface area contributed by atoms with E-state index in [0.29, 0.717) is 0 Å². The molecule has 4 rings (SSSR count). The first-order valence-corrected chi connectivity index (χ1v) is 15.9. The molecule has 0 aliphatic rings. The molecule has 0 nitrogen and oxygen atoms in total. The largest absolute Gasteiger partial charge is 0.0683 e. The Morgan fingerprint density at radius 3 is 0.878 bits per heavy atom. The van der Waals surface area contributed by atoms with Crippen LogP contribution in [-0.2, 0) is 0 Å². The van der Waals surface area contributed by atoms with Gasteiger partial charge in [-0.1, -0.05) is 223 Å². The zero-order valence-electron chi connectivity index (χ0n) is 28.8. The van der Waals surface area contributed by atoms with Gasteiger partial charge in [0.1, 0.15) is 0 Å². The van der Waals surface area contributed by atoms with Gasteiger partial charge >= 0.3 is 0 Å². The maximum Gasteiger partial charge on any atom is -0.0227 e. The van der Waals surface area contributed by atoms with Crippen LogP contribution in [0.1, 0.15) is 112 Å². The first kappa shape index (κ1) is 44.4. The van der Waals surface area contributed by atoms with Crippen molar-refractivity contribution in [3.8, 4) is 0 Å². The van der Waals surface area contributed by atoms with E-state index >= 15 is 0 Å². The van der Waals surface area contributed by atoms with Crippen LogP contribution in [0.15, 0.2) is 121 Å². The molecule has 0 aliphatic heterocycles. The molecule has 0 radical (unpaired) electrons. The molecular formula is C41H62. The van der Waals surface area contributed by atoms with E-state index in [-0.39, 0.29) is 0 Å². The van der Waals surface area contributed by atoms with Gasteiger partial charge in [0.2, 0.25) is 0 Å². The molecular weight excluding hydrogens is 492 g/mol. The topological polar surface area (TPSA) is 0 Å². The second kappa shape index (κ2) is 38.5. The molecule has 41 heavy (non-hydrogen) atoms. The van der Waals surface area contributed by atoms with Crippen LogP contribution in [0.4, 0.5) is 0 Å². The second-order valence-corrected chi connectivity index (χ2v) is 6.76. The Hall–Kier alpha value is -3.64. The van der Waals surface area contributed by atoms with E-state index in [1.165, 1.54) is 27.8 Å². The summed E-state index contributed by atoms with van der Waals surface area (Å²) in [6.45, 7) is 26.1. The average Bonchev–Trinajstić information content (AvgIpc) is 3.11. The SMILES string of the molecule is C(=Cc1ccccc1)c1ccccc1.CC.CC.CC.CC.CC.CC.CC(=Cc1ccccc1)c1ccccc1. The summed E-state index contributed by atoms with van der Waals surface area (Å²) in [6.07, 6.45) is 6.44. The van der Waals surface area contributed by atoms with E-state index in [0.717, 1.165) is 0 Å². The van der Waals surface area contributed by atoms with Crippen LogP contribution in [-0.4, -0.2) is 0 Å². The Morgan fingerprint density at radius 2 is 0.585 bits per heavy atom. The number of benzene rings is 4. The van der Waals surface area contributed by atoms with E-state index in [9.17, 15) is 0 Å². The normalized spacial score (nSPS) is 8.66. The maximum absolute atomic E-state index is 2.20. The summed E-state index contributed by atoms with van der Waals surface area (Å²) in [7, 11) is 0. The van der Waals surface area contributed by atoms with Gasteiger partial charge in [0.15, 0.2) is 0 Å². The Balaban J connectivity index is -0.000000245. The van der Waals surface area contributed by atoms with Crippen LogP contribution >= 0.6 is 0 Å². The number of hydrogen-bond acceptors (Lipinski definition) is 0. The van der Waals surface area contributed by atoms with Gasteiger partial charge in [-0.3, -0.25) is 0 Å². The minimum Gasteiger partial charge on any atom is -0.0683 e. The lowest BCUT2D eigenvalue weighted by molar-refractivity contribution is 1.50. The maximum atomic E-state index is 2.20. The molecule has 0 N–H and O–H groups in total. The van der Waals surface area contributed by atoms with Crippen molar-refractivity contribution in [1.29, 1.82) is 0 Å². The monoisotopic (exact) mass is 554 g/mol. The van der Waals surface area contributed by atoms with Crippen LogP contribution in [0.3, 0.4) is 0 Å². The van der Waals surface area contributed by atoms with Crippen molar-refractivity contribution >= 4 is 23.8 Å². The zero-order chi connectivity index (χ0) is 32.2. The molecule has 0 aromatic heterocycles. The van der Waals surface area contributed by atoms with Crippen molar-refractivity contribution in [2.75, 3.05) is 0 Å². The van der Waals surface area contributed by atoms with Gasteiger partial charge < -0.3 is 0 Å². The summed E-state index contributed by atoms with van der Waals surface area (Å²) in [5, 5.41) is 0. The smallest absolute Gasteiger partial charge is 0.0227 e. The molecule has 0 spiro atoms. The number of rotatable bonds is 4. The molecule has 0 fully saturated rings. The molecule has 0 unspecified atom stereocenters. The van der Waals surface area contributed by atoms with Gasteiger partial charge in [-0.2, -0.15) is 0 Å². The molecule has 226 valence electrons. The third-order valence-corrected chi connectivity index (χ3v) is 4.48. The van der Waals surface area contributed by atoms with Crippen LogP contribution in [0.2, 0.25) is 0 Å². The molecule has 0 heterocycles. The molecule has 0 amide bonds. The van der Waals surface area contributed by atoms with Crippen molar-refractivity contribution in [2.24, 2.45) is 0 Å². The first-order valence-electron chi connectivity index (χ1n) is 15.9. The fourth-order valence-electron chi connectivity index (χ4n) is 2.90. The highest BCUT2D eigenvalue weighted by molar-refractivity contribution is 5.80. The van der Waals surface area contributed by atoms with E-state index in [2.05, 4.69) is 97.9 Å². The third kappa shape index (κ3) is 25.1. The van der Waals surface area contributed by atoms with Gasteiger partial charge in [-0.15, -0.1) is 0 Å². The van der Waals surface area contributed by atoms with Gasteiger partial charge in [-0.25, -0.2) is 0 Å². The fraction of sp³-hybridized carbons (Fsp3) is 0.317. The highest BCUT2D eigenvalue weighted by Crippen LogP contribution is 2.16. The molecule has 0 saturated heterocycles. The Bertz CT molecular complexity index is 971. The van der Waals surface area contributed by atoms with Crippen molar-refractivity contribution < 1.29 is 0 Å². The van der Waals surface area contributed by atoms with Gasteiger partial charge in [0.25, 0.3) is 0 Å². The van der Waals surface area contributed by atoms with E-state index in [4.69, 9.17) is 0 Å². The number of allylic oxidation sites excluding steroid dienone is 1. The predicted octanol–water partition coefficient (Wildman–Crippen LogP) is 14.3. The summed E-state index contributed by atoms with van der Waals surface area (Å²) in [5.74, 6) is 0. The summed E-state index contributed by atoms with van der Waals surface area (Å²) >= 11 is 0. The second-order valence-electron chi connectivity index (χ2n) is 6.76. The fourth-order valence-corrected chi connectivity index (χ4v) is 2.90. The summed E-state index contributed by atoms with van der Waals surface area (Å²) in [5.41, 5.74) is 6.29. The molecule has 0 aliphatic carbocycles. The Morgan fingerprint density at radius 1 is 0.341 bits per heavy atom. The molecule has 0 heteroatoms. The van der Waals surface area contributed by atoms with Crippen molar-refractivity contribution in [2.45, 2.75) is 90.0 Å². The average molecular weight is 555 g/mol. The van der Waals surface area contributed by atoms with Crippen LogP contribution in [0, 0.1) is 0 Å². The molecule has 0 bridgehead atoms. The zero-order valence-corrected chi connectivity index (χ0v) is 28.8. The van der Waals surface area contributed by atoms with Gasteiger partial charge in [0.05, 0.1) is 0 Å². The van der Waals surface area contributed by atoms with Crippen LogP contribution < -0.4 is 0 Å². The highest BCUT2D eigenvalue weighted by atomic mass is 14.0. The minimum absolute atomic E-state index is 1.23. The molecule has 0 atom stereocenters. The van der Waals surface area contributed by atoms with Gasteiger partial charge in [0, 0.05) is 0 Å². The van der Waals surface area contributed by atoms with E-state index < -0.39 is 0 Å². The number of hydrogen-bond donors (Lipinski definition) is 0. The quantitative estimate of drug-likeness (QED) is 0.220. The molecule has 0 saturated carbocycles. The summed E-state index contributed by atoms with van der Waals surface area (Å²) in [6, 6.07) is 41.5. The van der Waals surface area contributed by atoms with Crippen LogP contribution in [0.5, 0.6) is 0 Å². The van der Waals surface area contributed by atoms with E-state index in [1.54, 1.807) is 0 Å². The van der Waals surface area contributed by atoms with Crippen molar-refractivity contribution in [1.82, 2.24) is 0 Å². The van der Waals surface area contributed by atoms with E-state index in [1.807, 2.05) is 132 Å². The Kier molecular flexibility index (Phi) is 41.7. The van der Waals surface area contributed by atoms with Crippen molar-refractivity contribution in [3.05, 3.63) is 144 Å².